The quantitative estimate of drug-likeness (QED) is 0.539. The fraction of sp³-hybridized carbons (Fsp3) is 0. The van der Waals surface area contributed by atoms with E-state index in [0.29, 0.717) is 11.2 Å². The summed E-state index contributed by atoms with van der Waals surface area (Å²) in [4.78, 5) is 19.3. The van der Waals surface area contributed by atoms with Gasteiger partial charge in [0.25, 0.3) is 0 Å². The molecule has 0 saturated carbocycles. The van der Waals surface area contributed by atoms with E-state index in [0.717, 1.165) is 16.4 Å². The van der Waals surface area contributed by atoms with E-state index >= 15 is 0 Å². The van der Waals surface area contributed by atoms with Crippen LogP contribution in [0.4, 0.5) is 0 Å². The van der Waals surface area contributed by atoms with Gasteiger partial charge in [-0.3, -0.25) is 14.6 Å². The molecule has 0 aliphatic heterocycles. The Kier molecular flexibility index (Phi) is 1.88. The summed E-state index contributed by atoms with van der Waals surface area (Å²) in [6, 6.07) is 7.73. The second-order valence-electron chi connectivity index (χ2n) is 4.26. The van der Waals surface area contributed by atoms with E-state index in [9.17, 15) is 4.79 Å². The molecule has 1 aromatic carbocycles. The highest BCUT2D eigenvalue weighted by Crippen LogP contribution is 2.23. The lowest BCUT2D eigenvalue weighted by molar-refractivity contribution is 1.02. The Morgan fingerprint density at radius 1 is 1.16 bits per heavy atom. The maximum absolute atomic E-state index is 12.1. The lowest BCUT2D eigenvalue weighted by atomic mass is 10.2. The summed E-state index contributed by atoms with van der Waals surface area (Å²) in [5.74, 6) is 0. The number of aromatic nitrogens is 5. The van der Waals surface area contributed by atoms with E-state index in [-0.39, 0.29) is 5.69 Å². The van der Waals surface area contributed by atoms with Crippen LogP contribution in [0.2, 0.25) is 0 Å². The molecule has 6 heteroatoms. The number of pyridine rings is 1. The van der Waals surface area contributed by atoms with E-state index in [2.05, 4.69) is 20.2 Å². The number of H-pyrrole nitrogens is 2. The van der Waals surface area contributed by atoms with Crippen LogP contribution in [-0.2, 0) is 0 Å². The first-order valence-electron chi connectivity index (χ1n) is 5.82. The Hall–Kier alpha value is -2.89. The monoisotopic (exact) mass is 251 g/mol. The van der Waals surface area contributed by atoms with Crippen molar-refractivity contribution in [2.24, 2.45) is 0 Å². The zero-order valence-corrected chi connectivity index (χ0v) is 9.79. The van der Waals surface area contributed by atoms with Crippen molar-refractivity contribution in [3.8, 4) is 5.69 Å². The Labute approximate surface area is 106 Å². The van der Waals surface area contributed by atoms with Gasteiger partial charge in [-0.2, -0.15) is 5.10 Å². The van der Waals surface area contributed by atoms with Crippen LogP contribution in [0, 0.1) is 0 Å². The third kappa shape index (κ3) is 1.33. The van der Waals surface area contributed by atoms with Crippen LogP contribution in [0.5, 0.6) is 0 Å². The van der Waals surface area contributed by atoms with Crippen molar-refractivity contribution in [2.75, 3.05) is 0 Å². The predicted molar refractivity (Wildman–Crippen MR) is 71.3 cm³/mol. The van der Waals surface area contributed by atoms with Crippen molar-refractivity contribution in [3.05, 3.63) is 53.3 Å². The Balaban J connectivity index is 2.27. The standard InChI is InChI=1S/C13H9N5O/c19-13-17-11-7-14-10-4-2-1-3-9(10)12(11)18(13)8-5-15-16-6-8/h1-7H,(H,15,16)(H,17,19). The van der Waals surface area contributed by atoms with Crippen LogP contribution in [-0.4, -0.2) is 24.7 Å². The number of para-hydroxylation sites is 1. The van der Waals surface area contributed by atoms with E-state index in [1.165, 1.54) is 0 Å². The normalized spacial score (nSPS) is 11.4. The molecule has 4 rings (SSSR count). The van der Waals surface area contributed by atoms with Crippen LogP contribution in [0.25, 0.3) is 27.6 Å². The summed E-state index contributed by atoms with van der Waals surface area (Å²) < 4.78 is 1.60. The fourth-order valence-corrected chi connectivity index (χ4v) is 2.34. The number of nitrogens with one attached hydrogen (secondary N) is 2. The van der Waals surface area contributed by atoms with Crippen LogP contribution >= 0.6 is 0 Å². The van der Waals surface area contributed by atoms with E-state index < -0.39 is 0 Å². The Morgan fingerprint density at radius 3 is 2.89 bits per heavy atom. The highest BCUT2D eigenvalue weighted by Gasteiger charge is 2.12. The number of rotatable bonds is 1. The summed E-state index contributed by atoms with van der Waals surface area (Å²) >= 11 is 0. The third-order valence-corrected chi connectivity index (χ3v) is 3.16. The molecule has 2 N–H and O–H groups in total. The third-order valence-electron chi connectivity index (χ3n) is 3.16. The van der Waals surface area contributed by atoms with E-state index in [4.69, 9.17) is 0 Å². The molecule has 3 aromatic heterocycles. The van der Waals surface area contributed by atoms with Crippen LogP contribution in [0.3, 0.4) is 0 Å². The number of hydrogen-bond acceptors (Lipinski definition) is 3. The molecule has 6 nitrogen and oxygen atoms in total. The maximum atomic E-state index is 12.1. The molecule has 0 fully saturated rings. The molecule has 92 valence electrons. The topological polar surface area (TPSA) is 79.4 Å². The Bertz CT molecular complexity index is 933. The minimum atomic E-state index is -0.199. The van der Waals surface area contributed by atoms with Gasteiger partial charge in [0, 0.05) is 11.6 Å². The van der Waals surface area contributed by atoms with Crippen molar-refractivity contribution < 1.29 is 0 Å². The molecule has 0 atom stereocenters. The first kappa shape index (κ1) is 10.1. The molecule has 0 aliphatic carbocycles. The predicted octanol–water partition coefficient (Wildman–Crippen LogP) is 1.59. The first-order chi connectivity index (χ1) is 9.34. The average Bonchev–Trinajstić information content (AvgIpc) is 3.04. The summed E-state index contributed by atoms with van der Waals surface area (Å²) in [5, 5.41) is 7.54. The highest BCUT2D eigenvalue weighted by molar-refractivity contribution is 6.02. The van der Waals surface area contributed by atoms with Gasteiger partial charge in [-0.1, -0.05) is 18.2 Å². The summed E-state index contributed by atoms with van der Waals surface area (Å²) in [6.45, 7) is 0. The van der Waals surface area contributed by atoms with Crippen molar-refractivity contribution in [1.29, 1.82) is 0 Å². The highest BCUT2D eigenvalue weighted by atomic mass is 16.1. The van der Waals surface area contributed by atoms with Gasteiger partial charge in [0.1, 0.15) is 0 Å². The molecule has 3 heterocycles. The minimum absolute atomic E-state index is 0.199. The van der Waals surface area contributed by atoms with Gasteiger partial charge in [-0.05, 0) is 6.07 Å². The molecule has 0 aliphatic rings. The largest absolute Gasteiger partial charge is 0.331 e. The number of fused-ring (bicyclic) bond motifs is 3. The van der Waals surface area contributed by atoms with Gasteiger partial charge in [0.05, 0.1) is 34.6 Å². The van der Waals surface area contributed by atoms with Crippen molar-refractivity contribution in [3.63, 3.8) is 0 Å². The molecule has 4 aromatic rings. The molecule has 0 amide bonds. The fourth-order valence-electron chi connectivity index (χ4n) is 2.34. The molecule has 0 saturated heterocycles. The Morgan fingerprint density at radius 2 is 2.05 bits per heavy atom. The zero-order chi connectivity index (χ0) is 12.8. The number of nitrogens with zero attached hydrogens (tertiary/aromatic N) is 3. The van der Waals surface area contributed by atoms with Crippen LogP contribution in [0.15, 0.2) is 47.7 Å². The summed E-state index contributed by atoms with van der Waals surface area (Å²) in [6.07, 6.45) is 4.98. The number of aromatic amines is 2. The molecule has 0 unspecified atom stereocenters. The molecule has 0 radical (unpaired) electrons. The molecular weight excluding hydrogens is 242 g/mol. The maximum Gasteiger partial charge on any atom is 0.331 e. The average molecular weight is 251 g/mol. The van der Waals surface area contributed by atoms with Crippen LogP contribution < -0.4 is 5.69 Å². The number of imidazole rings is 1. The number of benzene rings is 1. The van der Waals surface area contributed by atoms with Crippen LogP contribution in [0.1, 0.15) is 0 Å². The smallest absolute Gasteiger partial charge is 0.304 e. The van der Waals surface area contributed by atoms with Crippen molar-refractivity contribution in [2.45, 2.75) is 0 Å². The minimum Gasteiger partial charge on any atom is -0.304 e. The van der Waals surface area contributed by atoms with Gasteiger partial charge < -0.3 is 4.98 Å². The zero-order valence-electron chi connectivity index (χ0n) is 9.79. The van der Waals surface area contributed by atoms with E-state index in [1.54, 1.807) is 23.2 Å². The summed E-state index contributed by atoms with van der Waals surface area (Å²) in [7, 11) is 0. The summed E-state index contributed by atoms with van der Waals surface area (Å²) in [5.41, 5.74) is 2.88. The molecular formula is C13H9N5O. The van der Waals surface area contributed by atoms with Gasteiger partial charge in [-0.15, -0.1) is 0 Å². The number of hydrogen-bond donors (Lipinski definition) is 2. The molecule has 19 heavy (non-hydrogen) atoms. The lowest BCUT2D eigenvalue weighted by Gasteiger charge is -2.02. The lowest BCUT2D eigenvalue weighted by Crippen LogP contribution is -2.13. The van der Waals surface area contributed by atoms with E-state index in [1.807, 2.05) is 24.3 Å². The SMILES string of the molecule is O=c1[nH]c2cnc3ccccc3c2n1-c1cn[nH]c1. The second-order valence-corrected chi connectivity index (χ2v) is 4.26. The van der Waals surface area contributed by atoms with Gasteiger partial charge in [-0.25, -0.2) is 4.79 Å². The first-order valence-corrected chi connectivity index (χ1v) is 5.82. The van der Waals surface area contributed by atoms with Gasteiger partial charge in [0.15, 0.2) is 0 Å². The van der Waals surface area contributed by atoms with Crippen molar-refractivity contribution in [1.82, 2.24) is 24.7 Å². The van der Waals surface area contributed by atoms with Gasteiger partial charge in [0.2, 0.25) is 0 Å². The van der Waals surface area contributed by atoms with Gasteiger partial charge >= 0.3 is 5.69 Å². The second kappa shape index (κ2) is 3.55. The van der Waals surface area contributed by atoms with Crippen molar-refractivity contribution >= 4 is 21.9 Å². The molecule has 0 spiro atoms. The molecule has 0 bridgehead atoms.